The maximum atomic E-state index is 12.2. The minimum absolute atomic E-state index is 0.100. The van der Waals surface area contributed by atoms with Crippen LogP contribution >= 0.6 is 11.8 Å². The Morgan fingerprint density at radius 1 is 1.30 bits per heavy atom. The van der Waals surface area contributed by atoms with E-state index >= 15 is 0 Å². The van der Waals surface area contributed by atoms with E-state index in [2.05, 4.69) is 17.6 Å². The van der Waals surface area contributed by atoms with Gasteiger partial charge in [0, 0.05) is 24.0 Å². The first-order valence-corrected chi connectivity index (χ1v) is 7.62. The lowest BCUT2D eigenvalue weighted by molar-refractivity contribution is -0.123. The highest BCUT2D eigenvalue weighted by Crippen LogP contribution is 2.34. The number of hydrogen-bond acceptors (Lipinski definition) is 3. The molecular formula is C15H20N2O2S. The van der Waals surface area contributed by atoms with E-state index in [9.17, 15) is 9.59 Å². The highest BCUT2D eigenvalue weighted by Gasteiger charge is 2.36. The molecule has 0 N–H and O–H groups in total. The smallest absolute Gasteiger partial charge is 0.293 e. The van der Waals surface area contributed by atoms with E-state index in [1.807, 2.05) is 33.8 Å². The van der Waals surface area contributed by atoms with Crippen molar-refractivity contribution in [2.75, 3.05) is 0 Å². The van der Waals surface area contributed by atoms with Gasteiger partial charge in [0.1, 0.15) is 0 Å². The fourth-order valence-electron chi connectivity index (χ4n) is 2.53. The van der Waals surface area contributed by atoms with Crippen molar-refractivity contribution in [3.63, 3.8) is 0 Å². The van der Waals surface area contributed by atoms with Gasteiger partial charge in [0.2, 0.25) is 0 Å². The minimum atomic E-state index is -0.184. The maximum absolute atomic E-state index is 12.2. The van der Waals surface area contributed by atoms with Crippen LogP contribution in [0.5, 0.6) is 0 Å². The minimum Gasteiger partial charge on any atom is -0.349 e. The molecule has 1 aliphatic heterocycles. The van der Waals surface area contributed by atoms with Crippen LogP contribution in [0.15, 0.2) is 11.0 Å². The molecule has 5 heteroatoms. The summed E-state index contributed by atoms with van der Waals surface area (Å²) in [6, 6.07) is 1.96. The molecule has 0 unspecified atom stereocenters. The summed E-state index contributed by atoms with van der Waals surface area (Å²) in [6.45, 7) is 10.8. The van der Waals surface area contributed by atoms with Crippen molar-refractivity contribution in [1.29, 1.82) is 0 Å². The number of thioether (sulfide) groups is 1. The third-order valence-corrected chi connectivity index (χ3v) is 4.44. The van der Waals surface area contributed by atoms with Crippen LogP contribution < -0.4 is 0 Å². The van der Waals surface area contributed by atoms with Gasteiger partial charge in [-0.25, -0.2) is 0 Å². The number of amides is 2. The Morgan fingerprint density at radius 3 is 2.40 bits per heavy atom. The third kappa shape index (κ3) is 2.42. The van der Waals surface area contributed by atoms with Crippen LogP contribution in [-0.2, 0) is 11.3 Å². The van der Waals surface area contributed by atoms with Crippen LogP contribution in [0.25, 0.3) is 6.08 Å². The number of rotatable bonds is 3. The Bertz CT molecular complexity index is 599. The number of nitrogens with zero attached hydrogens (tertiary/aromatic N) is 2. The van der Waals surface area contributed by atoms with Crippen LogP contribution in [0.3, 0.4) is 0 Å². The lowest BCUT2D eigenvalue weighted by atomic mass is 10.2. The molecule has 108 valence electrons. The van der Waals surface area contributed by atoms with Crippen LogP contribution in [0.1, 0.15) is 37.7 Å². The third-order valence-electron chi connectivity index (χ3n) is 3.56. The molecule has 0 aromatic carbocycles. The predicted octanol–water partition coefficient (Wildman–Crippen LogP) is 3.57. The summed E-state index contributed by atoms with van der Waals surface area (Å²) in [5, 5.41) is -0.180. The van der Waals surface area contributed by atoms with Crippen molar-refractivity contribution in [2.45, 2.75) is 47.2 Å². The van der Waals surface area contributed by atoms with E-state index in [0.29, 0.717) is 4.91 Å². The van der Waals surface area contributed by atoms with Crippen LogP contribution in [0.4, 0.5) is 4.79 Å². The molecule has 0 saturated carbocycles. The van der Waals surface area contributed by atoms with Gasteiger partial charge in [-0.05, 0) is 64.1 Å². The Labute approximate surface area is 123 Å². The van der Waals surface area contributed by atoms with Gasteiger partial charge in [0.05, 0.1) is 4.91 Å². The normalized spacial score (nSPS) is 17.9. The summed E-state index contributed by atoms with van der Waals surface area (Å²) in [6.07, 6.45) is 1.84. The Morgan fingerprint density at radius 2 is 1.95 bits per heavy atom. The number of imide groups is 1. The predicted molar refractivity (Wildman–Crippen MR) is 82.5 cm³/mol. The second-order valence-electron chi connectivity index (χ2n) is 5.22. The van der Waals surface area contributed by atoms with Gasteiger partial charge in [-0.3, -0.25) is 14.5 Å². The van der Waals surface area contributed by atoms with Gasteiger partial charge in [-0.1, -0.05) is 0 Å². The molecule has 0 bridgehead atoms. The molecule has 1 saturated heterocycles. The fourth-order valence-corrected chi connectivity index (χ4v) is 3.48. The molecule has 0 spiro atoms. The summed E-state index contributed by atoms with van der Waals surface area (Å²) >= 11 is 1.03. The van der Waals surface area contributed by atoms with Crippen molar-refractivity contribution < 1.29 is 9.59 Å². The molecule has 0 radical (unpaired) electrons. The van der Waals surface area contributed by atoms with Gasteiger partial charge in [0.15, 0.2) is 0 Å². The van der Waals surface area contributed by atoms with E-state index in [1.54, 1.807) is 0 Å². The first kappa shape index (κ1) is 14.9. The molecule has 2 amide bonds. The molecule has 1 fully saturated rings. The lowest BCUT2D eigenvalue weighted by Gasteiger charge is -2.16. The zero-order valence-corrected chi connectivity index (χ0v) is 13.4. The first-order chi connectivity index (χ1) is 9.36. The standard InChI is InChI=1S/C15H20N2O2S/c1-6-16-10(4)7-12(11(16)5)8-13-14(18)17(9(2)3)15(19)20-13/h7-9H,6H2,1-5H3/b13-8+. The van der Waals surface area contributed by atoms with Crippen LogP contribution in [0.2, 0.25) is 0 Å². The molecule has 0 atom stereocenters. The highest BCUT2D eigenvalue weighted by atomic mass is 32.2. The summed E-state index contributed by atoms with van der Waals surface area (Å²) in [7, 11) is 0. The molecule has 4 nitrogen and oxygen atoms in total. The molecule has 2 rings (SSSR count). The number of aromatic nitrogens is 1. The summed E-state index contributed by atoms with van der Waals surface area (Å²) in [5.41, 5.74) is 3.30. The fraction of sp³-hybridized carbons (Fsp3) is 0.467. The maximum Gasteiger partial charge on any atom is 0.293 e. The number of carbonyl (C=O) groups excluding carboxylic acids is 2. The van der Waals surface area contributed by atoms with E-state index in [-0.39, 0.29) is 17.2 Å². The van der Waals surface area contributed by atoms with Gasteiger partial charge < -0.3 is 4.57 Å². The first-order valence-electron chi connectivity index (χ1n) is 6.80. The largest absolute Gasteiger partial charge is 0.349 e. The van der Waals surface area contributed by atoms with Crippen LogP contribution in [0, 0.1) is 13.8 Å². The Hall–Kier alpha value is -1.49. The molecule has 0 aliphatic carbocycles. The number of carbonyl (C=O) groups is 2. The SMILES string of the molecule is CCn1c(C)cc(/C=C2/SC(=O)N(C(C)C)C2=O)c1C. The average molecular weight is 292 g/mol. The summed E-state index contributed by atoms with van der Waals surface area (Å²) < 4.78 is 2.19. The molecular weight excluding hydrogens is 272 g/mol. The Balaban J connectivity index is 2.38. The van der Waals surface area contributed by atoms with Crippen LogP contribution in [-0.4, -0.2) is 26.7 Å². The molecule has 1 aliphatic rings. The second kappa shape index (κ2) is 5.48. The molecule has 20 heavy (non-hydrogen) atoms. The Kier molecular flexibility index (Phi) is 4.09. The van der Waals surface area contributed by atoms with Gasteiger partial charge >= 0.3 is 0 Å². The lowest BCUT2D eigenvalue weighted by Crippen LogP contribution is -2.34. The van der Waals surface area contributed by atoms with Crippen molar-refractivity contribution in [3.8, 4) is 0 Å². The average Bonchev–Trinajstić information content (AvgIpc) is 2.78. The van der Waals surface area contributed by atoms with Crippen molar-refractivity contribution in [1.82, 2.24) is 9.47 Å². The quantitative estimate of drug-likeness (QED) is 0.800. The van der Waals surface area contributed by atoms with Crippen molar-refractivity contribution in [3.05, 3.63) is 27.9 Å². The van der Waals surface area contributed by atoms with Gasteiger partial charge in [-0.2, -0.15) is 0 Å². The molecule has 1 aromatic heterocycles. The zero-order chi connectivity index (χ0) is 15.0. The highest BCUT2D eigenvalue weighted by molar-refractivity contribution is 8.18. The van der Waals surface area contributed by atoms with Gasteiger partial charge in [0.25, 0.3) is 11.1 Å². The van der Waals surface area contributed by atoms with E-state index in [4.69, 9.17) is 0 Å². The van der Waals surface area contributed by atoms with E-state index in [1.165, 1.54) is 10.6 Å². The summed E-state index contributed by atoms with van der Waals surface area (Å²) in [5.74, 6) is -0.184. The second-order valence-corrected chi connectivity index (χ2v) is 6.21. The summed E-state index contributed by atoms with van der Waals surface area (Å²) in [4.78, 5) is 25.9. The van der Waals surface area contributed by atoms with Crippen molar-refractivity contribution in [2.24, 2.45) is 0 Å². The monoisotopic (exact) mass is 292 g/mol. The molecule has 1 aromatic rings. The molecule has 2 heterocycles. The number of aryl methyl sites for hydroxylation is 1. The number of hydrogen-bond donors (Lipinski definition) is 0. The van der Waals surface area contributed by atoms with Crippen molar-refractivity contribution >= 4 is 29.0 Å². The van der Waals surface area contributed by atoms with E-state index in [0.717, 1.165) is 29.6 Å². The zero-order valence-electron chi connectivity index (χ0n) is 12.6. The van der Waals surface area contributed by atoms with E-state index < -0.39 is 0 Å². The van der Waals surface area contributed by atoms with Gasteiger partial charge in [-0.15, -0.1) is 0 Å². The topological polar surface area (TPSA) is 42.3 Å².